The molecule has 1 fully saturated rings. The van der Waals surface area contributed by atoms with Gasteiger partial charge in [0.1, 0.15) is 23.3 Å². The van der Waals surface area contributed by atoms with Crippen LogP contribution in [0.2, 0.25) is 5.02 Å². The van der Waals surface area contributed by atoms with E-state index in [1.807, 2.05) is 4.72 Å². The Morgan fingerprint density at radius 1 is 1.02 bits per heavy atom. The van der Waals surface area contributed by atoms with Gasteiger partial charge in [-0.3, -0.25) is 9.59 Å². The van der Waals surface area contributed by atoms with Crippen LogP contribution in [-0.4, -0.2) is 65.4 Å². The van der Waals surface area contributed by atoms with Gasteiger partial charge in [-0.05, 0) is 62.6 Å². The highest BCUT2D eigenvalue weighted by atomic mass is 35.5. The first-order valence-electron chi connectivity index (χ1n) is 15.1. The second-order valence-electron chi connectivity index (χ2n) is 12.4. The van der Waals surface area contributed by atoms with Crippen molar-refractivity contribution < 1.29 is 50.2 Å². The third-order valence-electron chi connectivity index (χ3n) is 8.18. The summed E-state index contributed by atoms with van der Waals surface area (Å²) in [5.74, 6) is -1.24. The van der Waals surface area contributed by atoms with Crippen LogP contribution in [0.3, 0.4) is 0 Å². The molecule has 2 amide bonds. The Morgan fingerprint density at radius 2 is 1.74 bits per heavy atom. The van der Waals surface area contributed by atoms with Gasteiger partial charge in [-0.2, -0.15) is 0 Å². The van der Waals surface area contributed by atoms with Crippen molar-refractivity contribution in [3.8, 4) is 17.2 Å². The molecule has 2 N–H and O–H groups in total. The van der Waals surface area contributed by atoms with Crippen LogP contribution in [0.4, 0.5) is 24.5 Å². The van der Waals surface area contributed by atoms with Crippen molar-refractivity contribution >= 4 is 51.0 Å². The molecule has 1 saturated carbocycles. The molecule has 1 spiro atoms. The number of sulfonamides is 1. The van der Waals surface area contributed by atoms with Crippen LogP contribution in [0.5, 0.6) is 17.2 Å². The Bertz CT molecular complexity index is 1950. The van der Waals surface area contributed by atoms with E-state index in [2.05, 4.69) is 15.2 Å². The van der Waals surface area contributed by atoms with Crippen LogP contribution in [0, 0.1) is 0 Å². The number of amides is 2. The van der Waals surface area contributed by atoms with E-state index in [0.29, 0.717) is 33.3 Å². The van der Waals surface area contributed by atoms with Crippen LogP contribution in [0.1, 0.15) is 49.4 Å². The number of carbonyl (C=O) groups excluding carboxylic acids is 2. The largest absolute Gasteiger partial charge is 0.573 e. The maximum atomic E-state index is 14.6. The number of halogens is 4. The molecule has 1 unspecified atom stereocenters. The van der Waals surface area contributed by atoms with Gasteiger partial charge in [0.25, 0.3) is 11.8 Å². The average molecular weight is 739 g/mol. The van der Waals surface area contributed by atoms with Gasteiger partial charge in [0.05, 0.1) is 32.4 Å². The maximum absolute atomic E-state index is 14.6. The molecular formula is C33H34ClF3N4O8S. The Balaban J connectivity index is 1.50. The zero-order valence-electron chi connectivity index (χ0n) is 27.6. The summed E-state index contributed by atoms with van der Waals surface area (Å²) in [6, 6.07) is 12.4. The number of nitrogens with one attached hydrogen (secondary N) is 2. The van der Waals surface area contributed by atoms with Gasteiger partial charge in [-0.1, -0.05) is 28.9 Å². The van der Waals surface area contributed by atoms with E-state index in [1.54, 1.807) is 36.4 Å². The number of methoxy groups -OCH3 is 2. The van der Waals surface area contributed by atoms with E-state index in [9.17, 15) is 31.2 Å². The smallest absolute Gasteiger partial charge is 0.497 e. The summed E-state index contributed by atoms with van der Waals surface area (Å²) in [5.41, 5.74) is 0.202. The van der Waals surface area contributed by atoms with E-state index in [1.165, 1.54) is 57.4 Å². The van der Waals surface area contributed by atoms with Crippen LogP contribution < -0.4 is 29.1 Å². The van der Waals surface area contributed by atoms with Crippen LogP contribution >= 0.6 is 11.6 Å². The fraction of sp³-hybridized carbons (Fsp3) is 0.364. The van der Waals surface area contributed by atoms with Gasteiger partial charge in [0, 0.05) is 45.9 Å². The average Bonchev–Trinajstić information content (AvgIpc) is 3.73. The number of hydrogen-bond acceptors (Lipinski definition) is 10. The minimum atomic E-state index is -4.92. The number of nitrogens with zero attached hydrogens (tertiary/aromatic N) is 2. The predicted octanol–water partition coefficient (Wildman–Crippen LogP) is 5.69. The number of ether oxygens (including phenoxy) is 3. The van der Waals surface area contributed by atoms with Gasteiger partial charge in [0.2, 0.25) is 15.6 Å². The van der Waals surface area contributed by atoms with Crippen molar-refractivity contribution in [3.63, 3.8) is 0 Å². The zero-order valence-corrected chi connectivity index (χ0v) is 29.1. The molecule has 1 aliphatic carbocycles. The van der Waals surface area contributed by atoms with E-state index >= 15 is 0 Å². The summed E-state index contributed by atoms with van der Waals surface area (Å²) >= 11 is 6.24. The van der Waals surface area contributed by atoms with Crippen LogP contribution in [0.15, 0.2) is 59.8 Å². The summed E-state index contributed by atoms with van der Waals surface area (Å²) < 4.78 is 79.5. The molecule has 3 aromatic rings. The number of alkyl halides is 3. The molecule has 12 nitrogen and oxygen atoms in total. The van der Waals surface area contributed by atoms with E-state index < -0.39 is 45.6 Å². The summed E-state index contributed by atoms with van der Waals surface area (Å²) in [6.07, 6.45) is -1.30. The van der Waals surface area contributed by atoms with Gasteiger partial charge < -0.3 is 29.3 Å². The van der Waals surface area contributed by atoms with Crippen molar-refractivity contribution in [2.75, 3.05) is 37.2 Å². The normalized spacial score (nSPS) is 15.7. The molecule has 0 aromatic heterocycles. The van der Waals surface area contributed by atoms with Gasteiger partial charge in [0.15, 0.2) is 0 Å². The summed E-state index contributed by atoms with van der Waals surface area (Å²) in [7, 11) is -0.994. The number of benzene rings is 3. The standard InChI is InChI=1S/C33H34ClF3N4O8S/c1-31(2,30(43)40-50(5,44)45)49-38-17-19-12-21(15-23(13-19)46-3)39-28(24-8-6-20(34)14-27(24)47-4)29(42)41-18-32(10-11-32)25-9-7-22(16-26(25)41)48-33(35,36)37/h6-9,12-17,28,39H,10-11,18H2,1-5H3,(H,40,43). The first-order valence-corrected chi connectivity index (χ1v) is 17.3. The molecule has 268 valence electrons. The van der Waals surface area contributed by atoms with Crippen molar-refractivity contribution in [1.82, 2.24) is 4.72 Å². The highest BCUT2D eigenvalue weighted by Crippen LogP contribution is 2.57. The quantitative estimate of drug-likeness (QED) is 0.177. The number of anilines is 2. The van der Waals surface area contributed by atoms with E-state index in [0.717, 1.165) is 24.7 Å². The lowest BCUT2D eigenvalue weighted by Crippen LogP contribution is -2.45. The Kier molecular flexibility index (Phi) is 9.91. The summed E-state index contributed by atoms with van der Waals surface area (Å²) in [4.78, 5) is 33.7. The highest BCUT2D eigenvalue weighted by molar-refractivity contribution is 7.89. The minimum absolute atomic E-state index is 0.251. The lowest BCUT2D eigenvalue weighted by atomic mass is 9.99. The lowest BCUT2D eigenvalue weighted by molar-refractivity contribution is -0.274. The van der Waals surface area contributed by atoms with Crippen molar-refractivity contribution in [2.45, 2.75) is 50.1 Å². The third-order valence-corrected chi connectivity index (χ3v) is 8.97. The fourth-order valence-corrected chi connectivity index (χ4v) is 6.34. The third kappa shape index (κ3) is 8.35. The number of oxime groups is 1. The van der Waals surface area contributed by atoms with E-state index in [-0.39, 0.29) is 17.7 Å². The number of hydrogen-bond donors (Lipinski definition) is 2. The minimum Gasteiger partial charge on any atom is -0.497 e. The molecule has 2 aliphatic rings. The maximum Gasteiger partial charge on any atom is 0.573 e. The molecule has 0 radical (unpaired) electrons. The second-order valence-corrected chi connectivity index (χ2v) is 14.6. The SMILES string of the molecule is COc1cc(C=NOC(C)(C)C(=O)NS(C)(=O)=O)cc(NC(C(=O)N2CC3(CC3)c3ccc(OC(F)(F)F)cc32)c2ccc(Cl)cc2OC)c1. The highest BCUT2D eigenvalue weighted by Gasteiger charge is 2.54. The number of fused-ring (bicyclic) bond motifs is 2. The van der Waals surface area contributed by atoms with Gasteiger partial charge in [-0.15, -0.1) is 13.2 Å². The molecule has 50 heavy (non-hydrogen) atoms. The predicted molar refractivity (Wildman–Crippen MR) is 179 cm³/mol. The molecule has 3 aromatic carbocycles. The second kappa shape index (κ2) is 13.5. The first kappa shape index (κ1) is 36.6. The van der Waals surface area contributed by atoms with Crippen molar-refractivity contribution in [1.29, 1.82) is 0 Å². The first-order chi connectivity index (χ1) is 23.3. The topological polar surface area (TPSA) is 145 Å². The molecule has 1 heterocycles. The molecule has 1 atom stereocenters. The number of carbonyl (C=O) groups is 2. The molecular weight excluding hydrogens is 705 g/mol. The van der Waals surface area contributed by atoms with Crippen LogP contribution in [0.25, 0.3) is 0 Å². The fourth-order valence-electron chi connectivity index (χ4n) is 5.60. The van der Waals surface area contributed by atoms with Crippen LogP contribution in [-0.2, 0) is 29.9 Å². The zero-order chi connectivity index (χ0) is 36.6. The lowest BCUT2D eigenvalue weighted by Gasteiger charge is -2.28. The summed E-state index contributed by atoms with van der Waals surface area (Å²) in [6.45, 7) is 2.92. The Hall–Kier alpha value is -4.70. The van der Waals surface area contributed by atoms with Crippen molar-refractivity contribution in [2.24, 2.45) is 5.16 Å². The molecule has 0 saturated heterocycles. The van der Waals surface area contributed by atoms with Gasteiger partial charge >= 0.3 is 6.36 Å². The molecule has 5 rings (SSSR count). The van der Waals surface area contributed by atoms with Crippen molar-refractivity contribution in [3.05, 3.63) is 76.3 Å². The molecule has 17 heteroatoms. The Labute approximate surface area is 291 Å². The molecule has 1 aliphatic heterocycles. The molecule has 0 bridgehead atoms. The van der Waals surface area contributed by atoms with E-state index in [4.69, 9.17) is 25.9 Å². The number of rotatable bonds is 12. The Morgan fingerprint density at radius 3 is 2.36 bits per heavy atom. The van der Waals surface area contributed by atoms with Gasteiger partial charge in [-0.25, -0.2) is 13.1 Å². The summed E-state index contributed by atoms with van der Waals surface area (Å²) in [5, 5.41) is 7.44. The monoisotopic (exact) mass is 738 g/mol.